The van der Waals surface area contributed by atoms with Gasteiger partial charge in [-0.3, -0.25) is 20.4 Å². The molecular formula is C16H21ClN4O2S. The molecule has 130 valence electrons. The molecule has 1 aliphatic rings. The first-order chi connectivity index (χ1) is 11.5. The summed E-state index contributed by atoms with van der Waals surface area (Å²) in [4.78, 5) is 25.4. The second-order valence-corrected chi connectivity index (χ2v) is 6.48. The summed E-state index contributed by atoms with van der Waals surface area (Å²) in [6.45, 7) is 2.53. The third kappa shape index (κ3) is 5.35. The van der Waals surface area contributed by atoms with Crippen LogP contribution in [0.1, 0.15) is 31.2 Å². The van der Waals surface area contributed by atoms with Gasteiger partial charge in [-0.25, -0.2) is 0 Å². The van der Waals surface area contributed by atoms with Gasteiger partial charge in [-0.2, -0.15) is 0 Å². The van der Waals surface area contributed by atoms with E-state index in [0.29, 0.717) is 18.0 Å². The quantitative estimate of drug-likeness (QED) is 0.564. The molecule has 6 nitrogen and oxygen atoms in total. The van der Waals surface area contributed by atoms with Gasteiger partial charge in [-0.1, -0.05) is 24.1 Å². The molecular weight excluding hydrogens is 348 g/mol. The van der Waals surface area contributed by atoms with Gasteiger partial charge in [0.25, 0.3) is 5.91 Å². The van der Waals surface area contributed by atoms with Gasteiger partial charge in [0.15, 0.2) is 5.11 Å². The van der Waals surface area contributed by atoms with E-state index in [1.54, 1.807) is 11.0 Å². The first-order valence-corrected chi connectivity index (χ1v) is 8.64. The number of rotatable bonds is 3. The molecule has 1 saturated heterocycles. The van der Waals surface area contributed by atoms with Crippen molar-refractivity contribution in [1.29, 1.82) is 0 Å². The summed E-state index contributed by atoms with van der Waals surface area (Å²) in [6, 6.07) is 5.44. The minimum atomic E-state index is -0.308. The first-order valence-electron chi connectivity index (χ1n) is 7.86. The van der Waals surface area contributed by atoms with E-state index in [-0.39, 0.29) is 23.5 Å². The zero-order valence-corrected chi connectivity index (χ0v) is 15.1. The predicted octanol–water partition coefficient (Wildman–Crippen LogP) is 2.37. The highest BCUT2D eigenvalue weighted by Crippen LogP contribution is 2.22. The Kier molecular flexibility index (Phi) is 6.81. The molecule has 1 aliphatic heterocycles. The molecule has 24 heavy (non-hydrogen) atoms. The summed E-state index contributed by atoms with van der Waals surface area (Å²) < 4.78 is 0. The Morgan fingerprint density at radius 1 is 1.29 bits per heavy atom. The largest absolute Gasteiger partial charge is 0.333 e. The summed E-state index contributed by atoms with van der Waals surface area (Å²) in [5.74, 6) is -0.282. The van der Waals surface area contributed by atoms with E-state index in [1.165, 1.54) is 0 Å². The number of thiocarbonyl (C=S) groups is 1. The van der Waals surface area contributed by atoms with Crippen molar-refractivity contribution >= 4 is 46.4 Å². The third-order valence-corrected chi connectivity index (χ3v) is 4.45. The normalized spacial score (nSPS) is 14.8. The maximum atomic E-state index is 12.0. The molecule has 0 spiro atoms. The lowest BCUT2D eigenvalue weighted by atomic mass is 10.2. The average molecular weight is 369 g/mol. The first kappa shape index (κ1) is 18.5. The van der Waals surface area contributed by atoms with Crippen molar-refractivity contribution in [2.45, 2.75) is 32.6 Å². The van der Waals surface area contributed by atoms with E-state index in [0.717, 1.165) is 30.5 Å². The minimum Gasteiger partial charge on any atom is -0.333 e. The molecule has 0 aromatic heterocycles. The van der Waals surface area contributed by atoms with Crippen LogP contribution >= 0.6 is 23.8 Å². The molecule has 8 heteroatoms. The van der Waals surface area contributed by atoms with Crippen LogP contribution in [0.2, 0.25) is 5.02 Å². The summed E-state index contributed by atoms with van der Waals surface area (Å²) in [5.41, 5.74) is 6.77. The fourth-order valence-electron chi connectivity index (χ4n) is 2.44. The summed E-state index contributed by atoms with van der Waals surface area (Å²) >= 11 is 11.2. The van der Waals surface area contributed by atoms with Crippen LogP contribution < -0.4 is 16.2 Å². The van der Waals surface area contributed by atoms with Crippen LogP contribution in [-0.4, -0.2) is 34.9 Å². The van der Waals surface area contributed by atoms with Crippen LogP contribution in [0.15, 0.2) is 18.2 Å². The van der Waals surface area contributed by atoms with Crippen LogP contribution in [0.4, 0.5) is 5.69 Å². The number of hydrazine groups is 1. The highest BCUT2D eigenvalue weighted by Gasteiger charge is 2.19. The summed E-state index contributed by atoms with van der Waals surface area (Å²) in [5, 5.41) is 3.85. The number of carbonyl (C=O) groups is 2. The number of hydrogen-bond donors (Lipinski definition) is 3. The number of halogens is 1. The third-order valence-electron chi connectivity index (χ3n) is 3.84. The molecule has 1 aromatic rings. The highest BCUT2D eigenvalue weighted by molar-refractivity contribution is 7.80. The van der Waals surface area contributed by atoms with Crippen LogP contribution in [-0.2, 0) is 9.59 Å². The van der Waals surface area contributed by atoms with Gasteiger partial charge in [-0.15, -0.1) is 0 Å². The second-order valence-electron chi connectivity index (χ2n) is 5.67. The molecule has 2 amide bonds. The maximum Gasteiger partial charge on any atom is 0.257 e. The molecule has 0 saturated carbocycles. The number of likely N-dealkylation sites (tertiary alicyclic amines) is 1. The molecule has 0 aliphatic carbocycles. The second kappa shape index (κ2) is 8.84. The van der Waals surface area contributed by atoms with Crippen LogP contribution in [0.25, 0.3) is 0 Å². The molecule has 0 bridgehead atoms. The lowest BCUT2D eigenvalue weighted by Crippen LogP contribution is -2.48. The van der Waals surface area contributed by atoms with Gasteiger partial charge < -0.3 is 10.2 Å². The van der Waals surface area contributed by atoms with Crippen molar-refractivity contribution < 1.29 is 9.59 Å². The molecule has 1 aromatic carbocycles. The number of benzene rings is 1. The summed E-state index contributed by atoms with van der Waals surface area (Å²) in [6.07, 6.45) is 3.35. The molecule has 1 fully saturated rings. The molecule has 0 radical (unpaired) electrons. The zero-order chi connectivity index (χ0) is 17.5. The number of amides is 2. The van der Waals surface area contributed by atoms with Gasteiger partial charge in [0.2, 0.25) is 5.91 Å². The molecule has 0 unspecified atom stereocenters. The maximum absolute atomic E-state index is 12.0. The topological polar surface area (TPSA) is 73.5 Å². The Hall–Kier alpha value is -1.86. The fourth-order valence-corrected chi connectivity index (χ4v) is 2.78. The van der Waals surface area contributed by atoms with E-state index < -0.39 is 0 Å². The number of hydrogen-bond acceptors (Lipinski definition) is 3. The van der Waals surface area contributed by atoms with Crippen LogP contribution in [0.5, 0.6) is 0 Å². The van der Waals surface area contributed by atoms with Crippen molar-refractivity contribution in [3.63, 3.8) is 0 Å². The number of carbonyl (C=O) groups excluding carboxylic acids is 2. The number of nitrogens with zero attached hydrogens (tertiary/aromatic N) is 1. The van der Waals surface area contributed by atoms with E-state index in [9.17, 15) is 9.59 Å². The lowest BCUT2D eigenvalue weighted by molar-refractivity contribution is -0.135. The standard InChI is InChI=1S/C16H21ClN4O2S/c1-11-12(17)6-5-7-13(11)18-16(24)20-19-14(22)10-21-9-4-2-3-8-15(21)23/h5-7H,2-4,8-10H2,1H3,(H,19,22)(H2,18,20,24). The Balaban J connectivity index is 1.79. The minimum absolute atomic E-state index is 0.0258. The van der Waals surface area contributed by atoms with E-state index in [4.69, 9.17) is 23.8 Å². The molecule has 2 rings (SSSR count). The highest BCUT2D eigenvalue weighted by atomic mass is 35.5. The SMILES string of the molecule is Cc1c(Cl)cccc1NC(=S)NNC(=O)CN1CCCCCC1=O. The van der Waals surface area contributed by atoms with E-state index in [2.05, 4.69) is 16.2 Å². The average Bonchev–Trinajstić information content (AvgIpc) is 2.75. The predicted molar refractivity (Wildman–Crippen MR) is 98.7 cm³/mol. The van der Waals surface area contributed by atoms with Crippen molar-refractivity contribution in [3.8, 4) is 0 Å². The van der Waals surface area contributed by atoms with Crippen molar-refractivity contribution in [2.75, 3.05) is 18.4 Å². The van der Waals surface area contributed by atoms with Gasteiger partial charge in [0.1, 0.15) is 6.54 Å². The zero-order valence-electron chi connectivity index (χ0n) is 13.5. The Bertz CT molecular complexity index is 639. The van der Waals surface area contributed by atoms with Gasteiger partial charge in [-0.05, 0) is 49.7 Å². The molecule has 1 heterocycles. The van der Waals surface area contributed by atoms with Crippen molar-refractivity contribution in [1.82, 2.24) is 15.8 Å². The van der Waals surface area contributed by atoms with Crippen molar-refractivity contribution in [2.24, 2.45) is 0 Å². The van der Waals surface area contributed by atoms with E-state index in [1.807, 2.05) is 19.1 Å². The van der Waals surface area contributed by atoms with Gasteiger partial charge in [0, 0.05) is 23.7 Å². The molecule has 3 N–H and O–H groups in total. The fraction of sp³-hybridized carbons (Fsp3) is 0.438. The lowest BCUT2D eigenvalue weighted by Gasteiger charge is -2.20. The Labute approximate surface area is 151 Å². The van der Waals surface area contributed by atoms with E-state index >= 15 is 0 Å². The Morgan fingerprint density at radius 3 is 2.88 bits per heavy atom. The van der Waals surface area contributed by atoms with Crippen molar-refractivity contribution in [3.05, 3.63) is 28.8 Å². The van der Waals surface area contributed by atoms with Gasteiger partial charge in [0.05, 0.1) is 0 Å². The monoisotopic (exact) mass is 368 g/mol. The number of nitrogens with one attached hydrogen (secondary N) is 3. The Morgan fingerprint density at radius 2 is 2.08 bits per heavy atom. The smallest absolute Gasteiger partial charge is 0.257 e. The molecule has 0 atom stereocenters. The van der Waals surface area contributed by atoms with Crippen LogP contribution in [0.3, 0.4) is 0 Å². The van der Waals surface area contributed by atoms with Crippen LogP contribution in [0, 0.1) is 6.92 Å². The van der Waals surface area contributed by atoms with Gasteiger partial charge >= 0.3 is 0 Å². The summed E-state index contributed by atoms with van der Waals surface area (Å²) in [7, 11) is 0. The number of anilines is 1.